The monoisotopic (exact) mass is 353 g/mol. The van der Waals surface area contributed by atoms with Crippen molar-refractivity contribution in [2.45, 2.75) is 31.1 Å². The molecule has 1 saturated heterocycles. The summed E-state index contributed by atoms with van der Waals surface area (Å²) in [7, 11) is 0. The number of rotatable bonds is 2. The maximum absolute atomic E-state index is 13.0. The summed E-state index contributed by atoms with van der Waals surface area (Å²) < 4.78 is 51.9. The molecule has 0 aromatic heterocycles. The van der Waals surface area contributed by atoms with Crippen molar-refractivity contribution in [1.29, 1.82) is 0 Å². The number of halogens is 5. The Morgan fingerprint density at radius 2 is 1.85 bits per heavy atom. The van der Waals surface area contributed by atoms with Crippen LogP contribution in [0.2, 0.25) is 0 Å². The van der Waals surface area contributed by atoms with Crippen molar-refractivity contribution < 1.29 is 22.4 Å². The number of hydrogen-bond acceptors (Lipinski definition) is 1. The van der Waals surface area contributed by atoms with Gasteiger partial charge in [0.25, 0.3) is 0 Å². The van der Waals surface area contributed by atoms with Gasteiger partial charge in [-0.3, -0.25) is 4.79 Å². The highest BCUT2D eigenvalue weighted by Crippen LogP contribution is 2.42. The minimum atomic E-state index is -4.45. The van der Waals surface area contributed by atoms with Gasteiger partial charge in [0, 0.05) is 0 Å². The maximum atomic E-state index is 13.0. The first-order chi connectivity index (χ1) is 9.34. The maximum Gasteiger partial charge on any atom is 0.408 e. The summed E-state index contributed by atoms with van der Waals surface area (Å²) >= 11 is 2.91. The molecule has 0 saturated carbocycles. The third-order valence-electron chi connectivity index (χ3n) is 3.42. The summed E-state index contributed by atoms with van der Waals surface area (Å²) in [6.07, 6.45) is -4.37. The first-order valence-electron chi connectivity index (χ1n) is 6.04. The molecule has 0 N–H and O–H groups in total. The zero-order valence-electron chi connectivity index (χ0n) is 10.3. The van der Waals surface area contributed by atoms with Crippen LogP contribution in [-0.2, 0) is 4.79 Å². The largest absolute Gasteiger partial charge is 0.408 e. The van der Waals surface area contributed by atoms with E-state index in [1.54, 1.807) is 0 Å². The van der Waals surface area contributed by atoms with Crippen molar-refractivity contribution in [3.8, 4) is 0 Å². The molecule has 2 rings (SSSR count). The Morgan fingerprint density at radius 3 is 2.35 bits per heavy atom. The molecule has 1 heterocycles. The van der Waals surface area contributed by atoms with Crippen molar-refractivity contribution in [2.24, 2.45) is 0 Å². The molecular formula is C13H12BrF4NO. The van der Waals surface area contributed by atoms with Gasteiger partial charge in [-0.2, -0.15) is 13.2 Å². The van der Waals surface area contributed by atoms with Gasteiger partial charge in [-0.05, 0) is 30.5 Å². The summed E-state index contributed by atoms with van der Waals surface area (Å²) in [6.45, 7) is 0. The van der Waals surface area contributed by atoms with E-state index in [2.05, 4.69) is 15.9 Å². The lowest BCUT2D eigenvalue weighted by molar-refractivity contribution is -0.185. The zero-order chi connectivity index (χ0) is 14.9. The van der Waals surface area contributed by atoms with E-state index < -0.39 is 30.0 Å². The summed E-state index contributed by atoms with van der Waals surface area (Å²) in [6, 6.07) is 2.79. The highest BCUT2D eigenvalue weighted by molar-refractivity contribution is 9.09. The van der Waals surface area contributed by atoms with Crippen LogP contribution in [0.25, 0.3) is 0 Å². The zero-order valence-corrected chi connectivity index (χ0v) is 11.9. The third kappa shape index (κ3) is 2.97. The van der Waals surface area contributed by atoms with Gasteiger partial charge in [0.1, 0.15) is 11.9 Å². The first-order valence-corrected chi connectivity index (χ1v) is 7.16. The van der Waals surface area contributed by atoms with Crippen LogP contribution < -0.4 is 0 Å². The average molecular weight is 354 g/mol. The van der Waals surface area contributed by atoms with Gasteiger partial charge in [0.15, 0.2) is 0 Å². The molecule has 1 aliphatic rings. The third-order valence-corrected chi connectivity index (χ3v) is 3.90. The van der Waals surface area contributed by atoms with Crippen molar-refractivity contribution in [3.63, 3.8) is 0 Å². The Hall–Kier alpha value is -1.11. The van der Waals surface area contributed by atoms with Gasteiger partial charge in [0.2, 0.25) is 5.91 Å². The lowest BCUT2D eigenvalue weighted by atomic mass is 10.0. The molecule has 0 spiro atoms. The van der Waals surface area contributed by atoms with Gasteiger partial charge >= 0.3 is 6.18 Å². The second-order valence-electron chi connectivity index (χ2n) is 4.64. The van der Waals surface area contributed by atoms with E-state index in [0.29, 0.717) is 5.56 Å². The van der Waals surface area contributed by atoms with Crippen molar-refractivity contribution in [3.05, 3.63) is 35.6 Å². The highest BCUT2D eigenvalue weighted by atomic mass is 79.9. The van der Waals surface area contributed by atoms with Crippen LogP contribution in [0.5, 0.6) is 0 Å². The molecule has 110 valence electrons. The predicted molar refractivity (Wildman–Crippen MR) is 68.9 cm³/mol. The Balaban J connectivity index is 2.33. The van der Waals surface area contributed by atoms with Gasteiger partial charge in [-0.1, -0.05) is 28.1 Å². The molecule has 1 aliphatic heterocycles. The fraction of sp³-hybridized carbons (Fsp3) is 0.462. The van der Waals surface area contributed by atoms with Gasteiger partial charge in [-0.25, -0.2) is 4.39 Å². The number of alkyl halides is 4. The van der Waals surface area contributed by atoms with Crippen LogP contribution in [0.4, 0.5) is 17.6 Å². The van der Waals surface area contributed by atoms with E-state index in [-0.39, 0.29) is 18.2 Å². The van der Waals surface area contributed by atoms with E-state index >= 15 is 0 Å². The standard InChI is InChI=1S/C13H12BrF4NO/c14-7-12(20)19-10(5-6-11(19)13(16,17)18)8-1-3-9(15)4-2-8/h1-4,10-11H,5-7H2/t10-,11-/m0/s1. The SMILES string of the molecule is O=C(CBr)N1[C@H](C(F)(F)F)CC[C@H]1c1ccc(F)cc1. The van der Waals surface area contributed by atoms with Crippen molar-refractivity contribution in [1.82, 2.24) is 4.90 Å². The molecular weight excluding hydrogens is 342 g/mol. The van der Waals surface area contributed by atoms with Crippen LogP contribution in [0.3, 0.4) is 0 Å². The van der Waals surface area contributed by atoms with Crippen LogP contribution >= 0.6 is 15.9 Å². The Labute approximate surface area is 121 Å². The van der Waals surface area contributed by atoms with E-state index in [0.717, 1.165) is 4.90 Å². The summed E-state index contributed by atoms with van der Waals surface area (Å²) in [5, 5.41) is -0.169. The molecule has 7 heteroatoms. The van der Waals surface area contributed by atoms with E-state index in [1.165, 1.54) is 24.3 Å². The minimum Gasteiger partial charge on any atom is -0.323 e. The topological polar surface area (TPSA) is 20.3 Å². The van der Waals surface area contributed by atoms with Crippen molar-refractivity contribution in [2.75, 3.05) is 5.33 Å². The van der Waals surface area contributed by atoms with Crippen LogP contribution in [-0.4, -0.2) is 28.4 Å². The molecule has 1 amide bonds. The minimum absolute atomic E-state index is 0.135. The fourth-order valence-corrected chi connectivity index (χ4v) is 2.85. The normalized spacial score (nSPS) is 23.1. The summed E-state index contributed by atoms with van der Waals surface area (Å²) in [5.41, 5.74) is 0.521. The van der Waals surface area contributed by atoms with Crippen molar-refractivity contribution >= 4 is 21.8 Å². The Kier molecular flexibility index (Phi) is 4.36. The molecule has 20 heavy (non-hydrogen) atoms. The summed E-state index contributed by atoms with van der Waals surface area (Å²) in [5.74, 6) is -1.07. The number of amides is 1. The molecule has 1 aromatic carbocycles. The van der Waals surface area contributed by atoms with Crippen LogP contribution in [0, 0.1) is 5.82 Å². The van der Waals surface area contributed by atoms with E-state index in [9.17, 15) is 22.4 Å². The van der Waals surface area contributed by atoms with Crippen LogP contribution in [0.15, 0.2) is 24.3 Å². The molecule has 0 aliphatic carbocycles. The molecule has 2 atom stereocenters. The molecule has 0 radical (unpaired) electrons. The number of benzene rings is 1. The molecule has 0 unspecified atom stereocenters. The van der Waals surface area contributed by atoms with Gasteiger partial charge in [-0.15, -0.1) is 0 Å². The Bertz CT molecular complexity index is 488. The number of likely N-dealkylation sites (tertiary alicyclic amines) is 1. The highest BCUT2D eigenvalue weighted by Gasteiger charge is 2.51. The van der Waals surface area contributed by atoms with Crippen LogP contribution in [0.1, 0.15) is 24.4 Å². The van der Waals surface area contributed by atoms with E-state index in [1.807, 2.05) is 0 Å². The fourth-order valence-electron chi connectivity index (χ4n) is 2.56. The second kappa shape index (κ2) is 5.71. The number of carbonyl (C=O) groups excluding carboxylic acids is 1. The molecule has 1 fully saturated rings. The lowest BCUT2D eigenvalue weighted by Crippen LogP contribution is -2.46. The number of carbonyl (C=O) groups is 1. The molecule has 2 nitrogen and oxygen atoms in total. The second-order valence-corrected chi connectivity index (χ2v) is 5.20. The average Bonchev–Trinajstić information content (AvgIpc) is 2.83. The Morgan fingerprint density at radius 1 is 1.25 bits per heavy atom. The molecule has 1 aromatic rings. The number of nitrogens with zero attached hydrogens (tertiary/aromatic N) is 1. The smallest absolute Gasteiger partial charge is 0.323 e. The first kappa shape index (κ1) is 15.3. The predicted octanol–water partition coefficient (Wildman–Crippen LogP) is 3.82. The quantitative estimate of drug-likeness (QED) is 0.584. The summed E-state index contributed by atoms with van der Waals surface area (Å²) in [4.78, 5) is 12.7. The van der Waals surface area contributed by atoms with Gasteiger partial charge < -0.3 is 4.90 Å². The lowest BCUT2D eigenvalue weighted by Gasteiger charge is -2.31. The van der Waals surface area contributed by atoms with E-state index in [4.69, 9.17) is 0 Å². The number of hydrogen-bond donors (Lipinski definition) is 0. The van der Waals surface area contributed by atoms with Gasteiger partial charge in [0.05, 0.1) is 11.4 Å². The molecule has 0 bridgehead atoms.